The van der Waals surface area contributed by atoms with Crippen LogP contribution in [0.25, 0.3) is 0 Å². The van der Waals surface area contributed by atoms with Crippen LogP contribution in [0, 0.1) is 5.82 Å². The van der Waals surface area contributed by atoms with Gasteiger partial charge in [0, 0.05) is 37.4 Å². The summed E-state index contributed by atoms with van der Waals surface area (Å²) in [5.74, 6) is -0.351. The summed E-state index contributed by atoms with van der Waals surface area (Å²) < 4.78 is 20.3. The molecular weight excluding hydrogens is 369 g/mol. The molecule has 154 valence electrons. The maximum absolute atomic E-state index is 14.7. The largest absolute Gasteiger partial charge is 0.487 e. The third kappa shape index (κ3) is 4.58. The lowest BCUT2D eigenvalue weighted by molar-refractivity contribution is 0.0692. The van der Waals surface area contributed by atoms with Gasteiger partial charge in [0.2, 0.25) is 0 Å². The zero-order valence-corrected chi connectivity index (χ0v) is 16.9. The fourth-order valence-corrected chi connectivity index (χ4v) is 4.38. The van der Waals surface area contributed by atoms with E-state index in [1.165, 1.54) is 18.9 Å². The van der Waals surface area contributed by atoms with Gasteiger partial charge in [-0.15, -0.1) is 0 Å². The first-order valence-corrected chi connectivity index (χ1v) is 10.5. The molecule has 0 bridgehead atoms. The van der Waals surface area contributed by atoms with Crippen LogP contribution in [-0.2, 0) is 6.61 Å². The Bertz CT molecular complexity index is 845. The Balaban J connectivity index is 1.41. The highest BCUT2D eigenvalue weighted by Gasteiger charge is 2.33. The molecule has 0 spiro atoms. The molecule has 2 saturated heterocycles. The minimum Gasteiger partial charge on any atom is -0.487 e. The zero-order valence-electron chi connectivity index (χ0n) is 16.9. The average molecular weight is 397 g/mol. The lowest BCUT2D eigenvalue weighted by Gasteiger charge is -2.31. The number of carbonyl (C=O) groups is 1. The number of amides is 1. The highest BCUT2D eigenvalue weighted by atomic mass is 19.1. The van der Waals surface area contributed by atoms with Crippen molar-refractivity contribution in [1.82, 2.24) is 14.8 Å². The van der Waals surface area contributed by atoms with Crippen molar-refractivity contribution in [3.63, 3.8) is 0 Å². The van der Waals surface area contributed by atoms with Gasteiger partial charge in [-0.25, -0.2) is 4.39 Å². The van der Waals surface area contributed by atoms with E-state index in [1.54, 1.807) is 18.3 Å². The summed E-state index contributed by atoms with van der Waals surface area (Å²) in [7, 11) is 0. The van der Waals surface area contributed by atoms with Gasteiger partial charge in [0.1, 0.15) is 18.2 Å². The quantitative estimate of drug-likeness (QED) is 0.742. The molecule has 2 aliphatic heterocycles. The fourth-order valence-electron chi connectivity index (χ4n) is 4.38. The third-order valence-corrected chi connectivity index (χ3v) is 6.06. The molecule has 2 fully saturated rings. The van der Waals surface area contributed by atoms with Crippen molar-refractivity contribution >= 4 is 5.91 Å². The molecule has 1 aromatic heterocycles. The van der Waals surface area contributed by atoms with Crippen molar-refractivity contribution in [3.8, 4) is 5.75 Å². The number of aromatic nitrogens is 1. The van der Waals surface area contributed by atoms with Gasteiger partial charge in [0.15, 0.2) is 0 Å². The van der Waals surface area contributed by atoms with Crippen molar-refractivity contribution in [3.05, 3.63) is 59.7 Å². The topological polar surface area (TPSA) is 45.7 Å². The van der Waals surface area contributed by atoms with Gasteiger partial charge >= 0.3 is 0 Å². The maximum atomic E-state index is 14.7. The Morgan fingerprint density at radius 2 is 2.07 bits per heavy atom. The lowest BCUT2D eigenvalue weighted by atomic mass is 10.1. The Hall–Kier alpha value is -2.47. The summed E-state index contributed by atoms with van der Waals surface area (Å²) in [6.07, 6.45) is 6.09. The number of rotatable bonds is 6. The van der Waals surface area contributed by atoms with Crippen LogP contribution in [-0.4, -0.2) is 52.4 Å². The molecule has 4 rings (SSSR count). The SMILES string of the molecule is CC1CCCN1CC1CCCN1C(=O)c1ccc(OCc2ccccn2)cc1F. The second-order valence-electron chi connectivity index (χ2n) is 8.03. The third-order valence-electron chi connectivity index (χ3n) is 6.06. The summed E-state index contributed by atoms with van der Waals surface area (Å²) in [4.78, 5) is 21.5. The molecule has 1 aromatic carbocycles. The van der Waals surface area contributed by atoms with Gasteiger partial charge in [-0.05, 0) is 63.4 Å². The first-order chi connectivity index (χ1) is 14.1. The number of likely N-dealkylation sites (tertiary alicyclic amines) is 2. The zero-order chi connectivity index (χ0) is 20.2. The number of hydrogen-bond donors (Lipinski definition) is 0. The normalized spacial score (nSPS) is 22.2. The summed E-state index contributed by atoms with van der Waals surface area (Å²) in [6, 6.07) is 10.8. The van der Waals surface area contributed by atoms with Crippen molar-refractivity contribution in [1.29, 1.82) is 0 Å². The smallest absolute Gasteiger partial charge is 0.257 e. The Labute approximate surface area is 171 Å². The minimum absolute atomic E-state index is 0.122. The van der Waals surface area contributed by atoms with Crippen LogP contribution in [0.1, 0.15) is 48.7 Å². The van der Waals surface area contributed by atoms with Crippen LogP contribution in [0.4, 0.5) is 4.39 Å². The molecule has 0 saturated carbocycles. The molecule has 3 heterocycles. The minimum atomic E-state index is -0.534. The predicted molar refractivity (Wildman–Crippen MR) is 109 cm³/mol. The second kappa shape index (κ2) is 8.91. The standard InChI is InChI=1S/C23H28FN3O2/c1-17-6-4-12-26(17)15-19-8-5-13-27(19)23(28)21-10-9-20(14-22(21)24)29-16-18-7-2-3-11-25-18/h2-3,7,9-11,14,17,19H,4-6,8,12-13,15-16H2,1H3. The van der Waals surface area contributed by atoms with Crippen LogP contribution in [0.2, 0.25) is 0 Å². The van der Waals surface area contributed by atoms with E-state index in [2.05, 4.69) is 16.8 Å². The molecule has 6 heteroatoms. The van der Waals surface area contributed by atoms with E-state index in [-0.39, 0.29) is 24.1 Å². The second-order valence-corrected chi connectivity index (χ2v) is 8.03. The number of nitrogens with zero attached hydrogens (tertiary/aromatic N) is 3. The van der Waals surface area contributed by atoms with E-state index < -0.39 is 5.82 Å². The summed E-state index contributed by atoms with van der Waals surface area (Å²) in [6.45, 7) is 5.19. The van der Waals surface area contributed by atoms with E-state index in [0.29, 0.717) is 18.3 Å². The maximum Gasteiger partial charge on any atom is 0.257 e. The van der Waals surface area contributed by atoms with Gasteiger partial charge in [-0.1, -0.05) is 6.07 Å². The van der Waals surface area contributed by atoms with Crippen molar-refractivity contribution in [2.24, 2.45) is 0 Å². The molecule has 2 atom stereocenters. The Kier molecular flexibility index (Phi) is 6.09. The van der Waals surface area contributed by atoms with Gasteiger partial charge < -0.3 is 9.64 Å². The molecule has 1 amide bonds. The van der Waals surface area contributed by atoms with Crippen LogP contribution in [0.15, 0.2) is 42.6 Å². The average Bonchev–Trinajstić information content (AvgIpc) is 3.36. The number of carbonyl (C=O) groups excluding carboxylic acids is 1. The predicted octanol–water partition coefficient (Wildman–Crippen LogP) is 3.89. The summed E-state index contributed by atoms with van der Waals surface area (Å²) >= 11 is 0. The van der Waals surface area contributed by atoms with E-state index in [4.69, 9.17) is 4.74 Å². The molecule has 5 nitrogen and oxygen atoms in total. The van der Waals surface area contributed by atoms with Crippen molar-refractivity contribution in [2.75, 3.05) is 19.6 Å². The number of hydrogen-bond acceptors (Lipinski definition) is 4. The van der Waals surface area contributed by atoms with E-state index in [9.17, 15) is 9.18 Å². The number of benzene rings is 1. The molecule has 0 aliphatic carbocycles. The van der Waals surface area contributed by atoms with Gasteiger partial charge in [-0.3, -0.25) is 14.7 Å². The molecule has 29 heavy (non-hydrogen) atoms. The summed E-state index contributed by atoms with van der Waals surface area (Å²) in [5, 5.41) is 0. The van der Waals surface area contributed by atoms with E-state index >= 15 is 0 Å². The molecule has 2 aromatic rings. The van der Waals surface area contributed by atoms with Crippen LogP contribution >= 0.6 is 0 Å². The fraction of sp³-hybridized carbons (Fsp3) is 0.478. The molecule has 0 N–H and O–H groups in total. The molecule has 2 aliphatic rings. The van der Waals surface area contributed by atoms with Gasteiger partial charge in [-0.2, -0.15) is 0 Å². The van der Waals surface area contributed by atoms with Gasteiger partial charge in [0.25, 0.3) is 5.91 Å². The number of pyridine rings is 1. The van der Waals surface area contributed by atoms with Crippen molar-refractivity contribution < 1.29 is 13.9 Å². The molecule has 2 unspecified atom stereocenters. The highest BCUT2D eigenvalue weighted by molar-refractivity contribution is 5.95. The Morgan fingerprint density at radius 1 is 1.21 bits per heavy atom. The number of ether oxygens (including phenoxy) is 1. The first-order valence-electron chi connectivity index (χ1n) is 10.5. The molecular formula is C23H28FN3O2. The van der Waals surface area contributed by atoms with Crippen LogP contribution < -0.4 is 4.74 Å². The van der Waals surface area contributed by atoms with Gasteiger partial charge in [0.05, 0.1) is 11.3 Å². The lowest BCUT2D eigenvalue weighted by Crippen LogP contribution is -2.44. The van der Waals surface area contributed by atoms with E-state index in [1.807, 2.05) is 23.1 Å². The monoisotopic (exact) mass is 397 g/mol. The first kappa shape index (κ1) is 19.8. The Morgan fingerprint density at radius 3 is 2.79 bits per heavy atom. The van der Waals surface area contributed by atoms with Crippen LogP contribution in [0.5, 0.6) is 5.75 Å². The van der Waals surface area contributed by atoms with Crippen LogP contribution in [0.3, 0.4) is 0 Å². The highest BCUT2D eigenvalue weighted by Crippen LogP contribution is 2.26. The van der Waals surface area contributed by atoms with Crippen molar-refractivity contribution in [2.45, 2.75) is 51.3 Å². The van der Waals surface area contributed by atoms with E-state index in [0.717, 1.165) is 31.6 Å². The number of halogens is 1. The molecule has 0 radical (unpaired) electrons. The summed E-state index contributed by atoms with van der Waals surface area (Å²) in [5.41, 5.74) is 0.890.